The summed E-state index contributed by atoms with van der Waals surface area (Å²) < 4.78 is 18.2. The van der Waals surface area contributed by atoms with Gasteiger partial charge in [-0.25, -0.2) is 24.2 Å². The second-order valence-corrected chi connectivity index (χ2v) is 16.9. The van der Waals surface area contributed by atoms with Crippen molar-refractivity contribution in [3.63, 3.8) is 0 Å². The summed E-state index contributed by atoms with van der Waals surface area (Å²) in [6, 6.07) is 14.0. The van der Waals surface area contributed by atoms with Crippen molar-refractivity contribution < 1.29 is 62.2 Å². The quantitative estimate of drug-likeness (QED) is 0.0623. The number of fused-ring (bicyclic) bond motifs is 5. The van der Waals surface area contributed by atoms with Crippen molar-refractivity contribution in [3.05, 3.63) is 93.3 Å². The molecule has 0 saturated carbocycles. The van der Waals surface area contributed by atoms with Crippen LogP contribution in [0.1, 0.15) is 88.0 Å². The Hall–Kier alpha value is -8.17. The first-order chi connectivity index (χ1) is 33.0. The van der Waals surface area contributed by atoms with E-state index in [1.165, 1.54) is 12.1 Å². The van der Waals surface area contributed by atoms with Crippen LogP contribution in [0.3, 0.4) is 0 Å². The lowest BCUT2D eigenvalue weighted by Crippen LogP contribution is -2.55. The van der Waals surface area contributed by atoms with Gasteiger partial charge in [0.2, 0.25) is 23.3 Å². The fourth-order valence-electron chi connectivity index (χ4n) is 8.16. The molecule has 6 N–H and O–H groups in total. The molecule has 0 unspecified atom stereocenters. The average molecular weight is 951 g/mol. The summed E-state index contributed by atoms with van der Waals surface area (Å²) >= 11 is 0. The Kier molecular flexibility index (Phi) is 14.7. The number of urea groups is 1. The van der Waals surface area contributed by atoms with E-state index in [2.05, 4.69) is 21.3 Å². The molecule has 4 aromatic rings. The zero-order valence-electron chi connectivity index (χ0n) is 37.9. The molecule has 0 aliphatic carbocycles. The normalized spacial score (nSPS) is 16.6. The summed E-state index contributed by atoms with van der Waals surface area (Å²) in [5.74, 6) is -5.48. The Morgan fingerprint density at radius 3 is 2.33 bits per heavy atom. The number of rotatable bonds is 18. The van der Waals surface area contributed by atoms with Crippen molar-refractivity contribution in [2.24, 2.45) is 11.7 Å². The third-order valence-electron chi connectivity index (χ3n) is 11.8. The largest absolute Gasteiger partial charge is 0.510 e. The van der Waals surface area contributed by atoms with Gasteiger partial charge >= 0.3 is 24.1 Å². The van der Waals surface area contributed by atoms with Crippen LogP contribution in [0.15, 0.2) is 65.5 Å². The standard InChI is InChI=1S/C47H50N8O14/c1-4-47(31-21-34-40-28(20-27-8-5-6-9-32(27)51-40)22-54(34)43(62)30(31)24-66-44(47)63)68-46(65)67-23-26-12-14-29(15-13-26)50-41(60)33(18-19-49-45(48)64)52-42(61)39(25(2)3)53-35(56)10-7-11-38(59)69-55-36(57)16-17-37(55)58/h5-6,8-9,12-15,20-21,25,33,39H,4,7,10-11,16-19,22-24H2,1-3H3,(H,50,60)(H,52,61)(H,53,56)(H3,48,49,64)/t33-,39-,47-/m0/s1. The molecule has 22 heteroatoms. The number of nitrogens with one attached hydrogen (secondary N) is 4. The van der Waals surface area contributed by atoms with Gasteiger partial charge in [0.15, 0.2) is 0 Å². The smallest absolute Gasteiger partial charge is 0.457 e. The highest BCUT2D eigenvalue weighted by Gasteiger charge is 2.51. The number of hydroxylamine groups is 2. The number of hydrogen-bond donors (Lipinski definition) is 5. The fraction of sp³-hybridized carbons (Fsp3) is 0.383. The summed E-state index contributed by atoms with van der Waals surface area (Å²) in [6.45, 7) is 4.48. The van der Waals surface area contributed by atoms with Crippen molar-refractivity contribution in [2.75, 3.05) is 11.9 Å². The van der Waals surface area contributed by atoms with Gasteiger partial charge in [-0.2, -0.15) is 0 Å². The topological polar surface area (TPSA) is 303 Å². The maximum Gasteiger partial charge on any atom is 0.510 e. The number of carbonyl (C=O) groups is 9. The minimum Gasteiger partial charge on any atom is -0.457 e. The van der Waals surface area contributed by atoms with Crippen LogP contribution in [-0.2, 0) is 78.0 Å². The van der Waals surface area contributed by atoms with E-state index in [1.54, 1.807) is 43.5 Å². The van der Waals surface area contributed by atoms with Gasteiger partial charge in [-0.1, -0.05) is 51.1 Å². The van der Waals surface area contributed by atoms with E-state index in [0.717, 1.165) is 16.5 Å². The van der Waals surface area contributed by atoms with Crippen molar-refractivity contribution in [3.8, 4) is 11.4 Å². The highest BCUT2D eigenvalue weighted by atomic mass is 16.7. The predicted octanol–water partition coefficient (Wildman–Crippen LogP) is 2.84. The Bertz CT molecular complexity index is 2790. The lowest BCUT2D eigenvalue weighted by atomic mass is 9.85. The molecule has 0 radical (unpaired) electrons. The third-order valence-corrected chi connectivity index (χ3v) is 11.8. The molecule has 5 heterocycles. The van der Waals surface area contributed by atoms with Crippen LogP contribution in [0.2, 0.25) is 0 Å². The van der Waals surface area contributed by atoms with Gasteiger partial charge in [0.05, 0.1) is 29.0 Å². The lowest BCUT2D eigenvalue weighted by Gasteiger charge is -2.35. The molecular weight excluding hydrogens is 901 g/mol. The second-order valence-electron chi connectivity index (χ2n) is 16.9. The number of esters is 1. The molecule has 3 atom stereocenters. The minimum absolute atomic E-state index is 0.0191. The van der Waals surface area contributed by atoms with E-state index in [-0.39, 0.29) is 88.1 Å². The van der Waals surface area contributed by atoms with Gasteiger partial charge in [0.25, 0.3) is 17.4 Å². The Morgan fingerprint density at radius 1 is 0.913 bits per heavy atom. The number of primary amides is 1. The summed E-state index contributed by atoms with van der Waals surface area (Å²) in [5, 5.41) is 11.6. The van der Waals surface area contributed by atoms with Gasteiger partial charge < -0.3 is 50.6 Å². The number of amides is 7. The van der Waals surface area contributed by atoms with E-state index >= 15 is 0 Å². The van der Waals surface area contributed by atoms with Crippen molar-refractivity contribution in [1.29, 1.82) is 0 Å². The molecule has 0 bridgehead atoms. The van der Waals surface area contributed by atoms with Gasteiger partial charge in [-0.3, -0.25) is 28.8 Å². The van der Waals surface area contributed by atoms with Crippen LogP contribution >= 0.6 is 0 Å². The lowest BCUT2D eigenvalue weighted by molar-refractivity contribution is -0.197. The number of hydrogen-bond acceptors (Lipinski definition) is 15. The monoisotopic (exact) mass is 950 g/mol. The van der Waals surface area contributed by atoms with Crippen LogP contribution in [0.5, 0.6) is 0 Å². The molecule has 7 rings (SSSR count). The van der Waals surface area contributed by atoms with Gasteiger partial charge in [0.1, 0.15) is 25.3 Å². The van der Waals surface area contributed by atoms with Crippen molar-refractivity contribution in [1.82, 2.24) is 30.6 Å². The number of pyridine rings is 2. The third kappa shape index (κ3) is 10.8. The number of nitrogens with two attached hydrogens (primary N) is 1. The first-order valence-electron chi connectivity index (χ1n) is 22.3. The molecule has 2 aromatic carbocycles. The Labute approximate surface area is 393 Å². The molecule has 69 heavy (non-hydrogen) atoms. The molecule has 2 aromatic heterocycles. The van der Waals surface area contributed by atoms with Crippen LogP contribution in [-0.4, -0.2) is 86.9 Å². The van der Waals surface area contributed by atoms with E-state index in [4.69, 9.17) is 29.8 Å². The number of aromatic nitrogens is 2. The van der Waals surface area contributed by atoms with Gasteiger partial charge in [-0.15, -0.1) is 5.06 Å². The van der Waals surface area contributed by atoms with Gasteiger partial charge in [-0.05, 0) is 61.1 Å². The van der Waals surface area contributed by atoms with Crippen molar-refractivity contribution in [2.45, 2.75) is 103 Å². The number of carbonyl (C=O) groups excluding carboxylic acids is 9. The van der Waals surface area contributed by atoms with Crippen LogP contribution in [0.25, 0.3) is 22.3 Å². The predicted molar refractivity (Wildman–Crippen MR) is 241 cm³/mol. The van der Waals surface area contributed by atoms with Crippen molar-refractivity contribution >= 4 is 70.3 Å². The van der Waals surface area contributed by atoms with Gasteiger partial charge in [0, 0.05) is 54.4 Å². The number of benzene rings is 2. The maximum atomic E-state index is 13.9. The SMILES string of the molecule is CC[C@@]1(OC(=O)OCc2ccc(NC(=O)[C@H](CCNC(N)=O)NC(=O)[C@@H](NC(=O)CCCC(=O)ON3C(=O)CCC3=O)C(C)C)cc2)C(=O)OCc2c1cc1n(c2=O)Cc2cc3ccccc3nc2-1. The molecule has 3 aliphatic rings. The summed E-state index contributed by atoms with van der Waals surface area (Å²) in [7, 11) is 0. The fourth-order valence-corrected chi connectivity index (χ4v) is 8.16. The molecule has 362 valence electrons. The highest BCUT2D eigenvalue weighted by Crippen LogP contribution is 2.41. The zero-order chi connectivity index (χ0) is 49.6. The number of para-hydroxylation sites is 1. The molecule has 3 aliphatic heterocycles. The van der Waals surface area contributed by atoms with E-state index < -0.39 is 82.8 Å². The summed E-state index contributed by atoms with van der Waals surface area (Å²) in [4.78, 5) is 137. The average Bonchev–Trinajstić information content (AvgIpc) is 3.84. The highest BCUT2D eigenvalue weighted by molar-refractivity contribution is 6.02. The molecule has 22 nitrogen and oxygen atoms in total. The van der Waals surface area contributed by atoms with E-state index in [1.807, 2.05) is 30.3 Å². The van der Waals surface area contributed by atoms with E-state index in [0.29, 0.717) is 22.0 Å². The second kappa shape index (κ2) is 20.8. The number of cyclic esters (lactones) is 1. The number of nitrogens with zero attached hydrogens (tertiary/aromatic N) is 3. The number of anilines is 1. The number of ether oxygens (including phenoxy) is 3. The Balaban J connectivity index is 0.951. The summed E-state index contributed by atoms with van der Waals surface area (Å²) in [6.07, 6.45) is -2.04. The zero-order valence-corrected chi connectivity index (χ0v) is 37.9. The molecule has 7 amide bonds. The Morgan fingerprint density at radius 2 is 1.64 bits per heavy atom. The molecule has 1 fully saturated rings. The molecule has 1 saturated heterocycles. The first-order valence-corrected chi connectivity index (χ1v) is 22.3. The maximum absolute atomic E-state index is 13.9. The molecule has 0 spiro atoms. The van der Waals surface area contributed by atoms with Crippen LogP contribution in [0.4, 0.5) is 15.3 Å². The summed E-state index contributed by atoms with van der Waals surface area (Å²) in [5.41, 5.74) is 6.50. The molecular formula is C47H50N8O14. The van der Waals surface area contributed by atoms with Crippen LogP contribution < -0.4 is 32.6 Å². The van der Waals surface area contributed by atoms with Crippen LogP contribution in [0, 0.1) is 5.92 Å². The minimum atomic E-state index is -1.99. The van der Waals surface area contributed by atoms with E-state index in [9.17, 15) is 47.9 Å². The number of imide groups is 1. The first kappa shape index (κ1) is 48.8.